The van der Waals surface area contributed by atoms with Crippen molar-refractivity contribution in [2.75, 3.05) is 44.2 Å². The summed E-state index contributed by atoms with van der Waals surface area (Å²) in [7, 11) is 0. The minimum Gasteiger partial charge on any atom is -0.369 e. The van der Waals surface area contributed by atoms with Crippen molar-refractivity contribution in [3.63, 3.8) is 0 Å². The van der Waals surface area contributed by atoms with Crippen LogP contribution >= 0.6 is 0 Å². The molecule has 2 rings (SSSR count). The third-order valence-electron chi connectivity index (χ3n) is 4.32. The van der Waals surface area contributed by atoms with Crippen LogP contribution < -0.4 is 15.5 Å². The number of rotatable bonds is 6. The van der Waals surface area contributed by atoms with Gasteiger partial charge in [-0.25, -0.2) is 0 Å². The molecular weight excluding hydrogens is 304 g/mol. The average molecular weight is 332 g/mol. The molecular formula is C18H28N4O2. The first-order valence-electron chi connectivity index (χ1n) is 8.61. The normalized spacial score (nSPS) is 16.5. The fourth-order valence-corrected chi connectivity index (χ4v) is 2.95. The Morgan fingerprint density at radius 1 is 1.17 bits per heavy atom. The standard InChI is InChI=1S/C18H28N4O2/c1-4-19-18(24)15(3)20-17(23)13-21-9-11-22(12-10-21)16-8-6-5-7-14(16)2/h5-8,15H,4,9-13H2,1-3H3,(H,19,24)(H,20,23)/t15-/m0/s1. The molecule has 1 fully saturated rings. The van der Waals surface area contributed by atoms with E-state index in [9.17, 15) is 9.59 Å². The molecule has 1 heterocycles. The van der Waals surface area contributed by atoms with Crippen molar-refractivity contribution in [3.8, 4) is 0 Å². The molecule has 0 radical (unpaired) electrons. The molecule has 0 spiro atoms. The van der Waals surface area contributed by atoms with Crippen LogP contribution in [0.3, 0.4) is 0 Å². The lowest BCUT2D eigenvalue weighted by Gasteiger charge is -2.36. The Hall–Kier alpha value is -2.08. The zero-order chi connectivity index (χ0) is 17.5. The number of benzene rings is 1. The number of hydrogen-bond donors (Lipinski definition) is 2. The summed E-state index contributed by atoms with van der Waals surface area (Å²) < 4.78 is 0. The van der Waals surface area contributed by atoms with Gasteiger partial charge in [-0.15, -0.1) is 0 Å². The molecule has 1 aromatic rings. The molecule has 0 unspecified atom stereocenters. The third-order valence-corrected chi connectivity index (χ3v) is 4.32. The number of anilines is 1. The molecule has 2 N–H and O–H groups in total. The Bertz CT molecular complexity index is 568. The van der Waals surface area contributed by atoms with Crippen molar-refractivity contribution < 1.29 is 9.59 Å². The Kier molecular flexibility index (Phi) is 6.61. The smallest absolute Gasteiger partial charge is 0.242 e. The van der Waals surface area contributed by atoms with Crippen LogP contribution in [0.4, 0.5) is 5.69 Å². The number of likely N-dealkylation sites (N-methyl/N-ethyl adjacent to an activating group) is 1. The second-order valence-corrected chi connectivity index (χ2v) is 6.23. The molecule has 1 aliphatic heterocycles. The number of nitrogens with zero attached hydrogens (tertiary/aromatic N) is 2. The number of carbonyl (C=O) groups excluding carboxylic acids is 2. The molecule has 1 atom stereocenters. The van der Waals surface area contributed by atoms with Crippen LogP contribution in [0.15, 0.2) is 24.3 Å². The lowest BCUT2D eigenvalue weighted by molar-refractivity contribution is -0.129. The monoisotopic (exact) mass is 332 g/mol. The van der Waals surface area contributed by atoms with Gasteiger partial charge in [0.15, 0.2) is 0 Å². The summed E-state index contributed by atoms with van der Waals surface area (Å²) >= 11 is 0. The highest BCUT2D eigenvalue weighted by Gasteiger charge is 2.21. The van der Waals surface area contributed by atoms with E-state index in [1.807, 2.05) is 6.92 Å². The maximum atomic E-state index is 12.1. The van der Waals surface area contributed by atoms with Crippen molar-refractivity contribution in [2.45, 2.75) is 26.8 Å². The third kappa shape index (κ3) is 4.96. The average Bonchev–Trinajstić information content (AvgIpc) is 2.56. The summed E-state index contributed by atoms with van der Waals surface area (Å²) in [6, 6.07) is 7.88. The largest absolute Gasteiger partial charge is 0.369 e. The molecule has 132 valence electrons. The zero-order valence-corrected chi connectivity index (χ0v) is 14.8. The summed E-state index contributed by atoms with van der Waals surface area (Å²) in [5.41, 5.74) is 2.55. The predicted octanol–water partition coefficient (Wildman–Crippen LogP) is 0.758. The lowest BCUT2D eigenvalue weighted by atomic mass is 10.1. The summed E-state index contributed by atoms with van der Waals surface area (Å²) in [5.74, 6) is -0.242. The van der Waals surface area contributed by atoms with Gasteiger partial charge in [-0.1, -0.05) is 18.2 Å². The summed E-state index contributed by atoms with van der Waals surface area (Å²) in [4.78, 5) is 28.2. The number of carbonyl (C=O) groups is 2. The van der Waals surface area contributed by atoms with Gasteiger partial charge in [0.25, 0.3) is 0 Å². The summed E-state index contributed by atoms with van der Waals surface area (Å²) in [5, 5.41) is 5.47. The van der Waals surface area contributed by atoms with E-state index in [1.54, 1.807) is 6.92 Å². The Morgan fingerprint density at radius 2 is 1.83 bits per heavy atom. The molecule has 1 aliphatic rings. The zero-order valence-electron chi connectivity index (χ0n) is 14.8. The maximum Gasteiger partial charge on any atom is 0.242 e. The highest BCUT2D eigenvalue weighted by molar-refractivity contribution is 5.87. The van der Waals surface area contributed by atoms with Crippen molar-refractivity contribution in [2.24, 2.45) is 0 Å². The van der Waals surface area contributed by atoms with Gasteiger partial charge in [0.1, 0.15) is 6.04 Å². The molecule has 6 heteroatoms. The van der Waals surface area contributed by atoms with Gasteiger partial charge in [-0.05, 0) is 32.4 Å². The minimum atomic E-state index is -0.495. The highest BCUT2D eigenvalue weighted by Crippen LogP contribution is 2.20. The predicted molar refractivity (Wildman–Crippen MR) is 96.1 cm³/mol. The van der Waals surface area contributed by atoms with E-state index in [-0.39, 0.29) is 11.8 Å². The van der Waals surface area contributed by atoms with E-state index in [1.165, 1.54) is 11.3 Å². The molecule has 1 aromatic carbocycles. The van der Waals surface area contributed by atoms with E-state index >= 15 is 0 Å². The highest BCUT2D eigenvalue weighted by atomic mass is 16.2. The SMILES string of the molecule is CCNC(=O)[C@H](C)NC(=O)CN1CCN(c2ccccc2C)CC1. The van der Waals surface area contributed by atoms with Gasteiger partial charge < -0.3 is 15.5 Å². The number of para-hydroxylation sites is 1. The van der Waals surface area contributed by atoms with Gasteiger partial charge in [0.2, 0.25) is 11.8 Å². The van der Waals surface area contributed by atoms with E-state index in [2.05, 4.69) is 51.6 Å². The lowest BCUT2D eigenvalue weighted by Crippen LogP contribution is -2.52. The summed E-state index contributed by atoms with van der Waals surface area (Å²) in [6.07, 6.45) is 0. The molecule has 0 aliphatic carbocycles. The molecule has 6 nitrogen and oxygen atoms in total. The molecule has 24 heavy (non-hydrogen) atoms. The quantitative estimate of drug-likeness (QED) is 0.807. The number of piperazine rings is 1. The fourth-order valence-electron chi connectivity index (χ4n) is 2.95. The van der Waals surface area contributed by atoms with Crippen LogP contribution in [-0.2, 0) is 9.59 Å². The first-order chi connectivity index (χ1) is 11.5. The molecule has 1 saturated heterocycles. The molecule has 0 saturated carbocycles. The van der Waals surface area contributed by atoms with Gasteiger partial charge in [-0.2, -0.15) is 0 Å². The van der Waals surface area contributed by atoms with Gasteiger partial charge in [0, 0.05) is 38.4 Å². The second-order valence-electron chi connectivity index (χ2n) is 6.23. The topological polar surface area (TPSA) is 64.7 Å². The molecule has 0 bridgehead atoms. The Morgan fingerprint density at radius 3 is 2.46 bits per heavy atom. The first-order valence-corrected chi connectivity index (χ1v) is 8.61. The first kappa shape index (κ1) is 18.3. The van der Waals surface area contributed by atoms with Crippen molar-refractivity contribution in [3.05, 3.63) is 29.8 Å². The van der Waals surface area contributed by atoms with Crippen molar-refractivity contribution >= 4 is 17.5 Å². The number of amides is 2. The van der Waals surface area contributed by atoms with E-state index in [0.717, 1.165) is 26.2 Å². The number of hydrogen-bond acceptors (Lipinski definition) is 4. The second kappa shape index (κ2) is 8.68. The van der Waals surface area contributed by atoms with Crippen LogP contribution in [-0.4, -0.2) is 62.0 Å². The van der Waals surface area contributed by atoms with Crippen LogP contribution in [0.2, 0.25) is 0 Å². The van der Waals surface area contributed by atoms with Crippen LogP contribution in [0.25, 0.3) is 0 Å². The van der Waals surface area contributed by atoms with Gasteiger partial charge in [-0.3, -0.25) is 14.5 Å². The van der Waals surface area contributed by atoms with Crippen LogP contribution in [0.5, 0.6) is 0 Å². The molecule has 2 amide bonds. The van der Waals surface area contributed by atoms with Gasteiger partial charge >= 0.3 is 0 Å². The number of aryl methyl sites for hydroxylation is 1. The van der Waals surface area contributed by atoms with E-state index in [0.29, 0.717) is 13.1 Å². The van der Waals surface area contributed by atoms with Crippen LogP contribution in [0.1, 0.15) is 19.4 Å². The van der Waals surface area contributed by atoms with Crippen LogP contribution in [0, 0.1) is 6.92 Å². The maximum absolute atomic E-state index is 12.1. The summed E-state index contributed by atoms with van der Waals surface area (Å²) in [6.45, 7) is 10.1. The van der Waals surface area contributed by atoms with Crippen molar-refractivity contribution in [1.29, 1.82) is 0 Å². The minimum absolute atomic E-state index is 0.0990. The fraction of sp³-hybridized carbons (Fsp3) is 0.556. The van der Waals surface area contributed by atoms with E-state index < -0.39 is 6.04 Å². The van der Waals surface area contributed by atoms with E-state index in [4.69, 9.17) is 0 Å². The van der Waals surface area contributed by atoms with Gasteiger partial charge in [0.05, 0.1) is 6.54 Å². The van der Waals surface area contributed by atoms with Crippen molar-refractivity contribution in [1.82, 2.24) is 15.5 Å². The Labute approximate surface area is 144 Å². The Balaban J connectivity index is 1.77. The number of nitrogens with one attached hydrogen (secondary N) is 2. The molecule has 0 aromatic heterocycles.